The average Bonchev–Trinajstić information content (AvgIpc) is 2.96. The molecule has 110 valence electrons. The molecule has 0 aromatic carbocycles. The van der Waals surface area contributed by atoms with Crippen LogP contribution in [0.3, 0.4) is 0 Å². The van der Waals surface area contributed by atoms with Gasteiger partial charge in [0.25, 0.3) is 0 Å². The van der Waals surface area contributed by atoms with E-state index in [4.69, 9.17) is 16.3 Å². The van der Waals surface area contributed by atoms with Crippen molar-refractivity contribution in [3.63, 3.8) is 0 Å². The van der Waals surface area contributed by atoms with E-state index in [9.17, 15) is 0 Å². The average molecular weight is 297 g/mol. The van der Waals surface area contributed by atoms with Crippen LogP contribution in [0.5, 0.6) is 0 Å². The second kappa shape index (κ2) is 6.70. The lowest BCUT2D eigenvalue weighted by Gasteiger charge is -2.20. The first-order valence-electron chi connectivity index (χ1n) is 7.42. The molecule has 0 unspecified atom stereocenters. The summed E-state index contributed by atoms with van der Waals surface area (Å²) in [6.07, 6.45) is 4.64. The summed E-state index contributed by atoms with van der Waals surface area (Å²) in [5.74, 6) is 0.848. The predicted octanol–water partition coefficient (Wildman–Crippen LogP) is 2.10. The third-order valence-electron chi connectivity index (χ3n) is 3.94. The van der Waals surface area contributed by atoms with Gasteiger partial charge in [-0.15, -0.1) is 0 Å². The number of aromatic nitrogens is 2. The Labute approximate surface area is 124 Å². The predicted molar refractivity (Wildman–Crippen MR) is 79.2 cm³/mol. The summed E-state index contributed by atoms with van der Waals surface area (Å²) >= 11 is 5.99. The second-order valence-electron chi connectivity index (χ2n) is 5.40. The first-order chi connectivity index (χ1) is 9.83. The molecule has 2 aliphatic rings. The summed E-state index contributed by atoms with van der Waals surface area (Å²) in [6.45, 7) is 5.88. The van der Waals surface area contributed by atoms with Gasteiger partial charge in [0, 0.05) is 18.5 Å². The van der Waals surface area contributed by atoms with Gasteiger partial charge in [-0.05, 0) is 50.5 Å². The van der Waals surface area contributed by atoms with E-state index in [1.807, 2.05) is 0 Å². The maximum atomic E-state index is 5.99. The van der Waals surface area contributed by atoms with Gasteiger partial charge in [-0.3, -0.25) is 0 Å². The zero-order valence-electron chi connectivity index (χ0n) is 11.7. The summed E-state index contributed by atoms with van der Waals surface area (Å²) < 4.78 is 5.49. The van der Waals surface area contributed by atoms with Crippen LogP contribution >= 0.6 is 11.6 Å². The number of ether oxygens (including phenoxy) is 1. The molecule has 1 aromatic heterocycles. The summed E-state index contributed by atoms with van der Waals surface area (Å²) in [7, 11) is 0. The number of halogens is 1. The summed E-state index contributed by atoms with van der Waals surface area (Å²) in [6, 6.07) is 0. The molecule has 20 heavy (non-hydrogen) atoms. The van der Waals surface area contributed by atoms with E-state index < -0.39 is 0 Å². The maximum absolute atomic E-state index is 5.99. The minimum absolute atomic E-state index is 0.327. The van der Waals surface area contributed by atoms with Gasteiger partial charge in [0.05, 0.1) is 18.9 Å². The number of hydrogen-bond acceptors (Lipinski definition) is 5. The first-order valence-corrected chi connectivity index (χ1v) is 7.80. The van der Waals surface area contributed by atoms with Crippen molar-refractivity contribution in [3.05, 3.63) is 16.5 Å². The smallest absolute Gasteiger partial charge is 0.224 e. The molecular weight excluding hydrogens is 276 g/mol. The standard InChI is InChI=1S/C14H21ClN4O/c15-14-17-12-4-9-20-10-11(12)13(18-14)16-5-3-8-19-6-1-2-7-19/h1-10H2,(H,16,17,18). The van der Waals surface area contributed by atoms with Crippen LogP contribution in [0.25, 0.3) is 0 Å². The fraction of sp³-hybridized carbons (Fsp3) is 0.714. The highest BCUT2D eigenvalue weighted by atomic mass is 35.5. The number of rotatable bonds is 5. The minimum atomic E-state index is 0.327. The Bertz CT molecular complexity index is 463. The summed E-state index contributed by atoms with van der Waals surface area (Å²) in [4.78, 5) is 11.1. The largest absolute Gasteiger partial charge is 0.376 e. The van der Waals surface area contributed by atoms with Crippen molar-refractivity contribution >= 4 is 17.4 Å². The van der Waals surface area contributed by atoms with Gasteiger partial charge < -0.3 is 15.0 Å². The molecule has 1 saturated heterocycles. The van der Waals surface area contributed by atoms with Crippen LogP contribution in [-0.4, -0.2) is 47.7 Å². The Balaban J connectivity index is 1.55. The third-order valence-corrected chi connectivity index (χ3v) is 4.11. The fourth-order valence-corrected chi connectivity index (χ4v) is 3.05. The van der Waals surface area contributed by atoms with Crippen LogP contribution in [0.15, 0.2) is 0 Å². The molecular formula is C14H21ClN4O. The highest BCUT2D eigenvalue weighted by Gasteiger charge is 2.17. The number of hydrogen-bond donors (Lipinski definition) is 1. The molecule has 0 amide bonds. The lowest BCUT2D eigenvalue weighted by Crippen LogP contribution is -2.23. The van der Waals surface area contributed by atoms with Gasteiger partial charge in [-0.25, -0.2) is 9.97 Å². The van der Waals surface area contributed by atoms with Crippen LogP contribution in [0, 0.1) is 0 Å². The normalized spacial score (nSPS) is 19.1. The Hall–Kier alpha value is -0.910. The SMILES string of the molecule is Clc1nc2c(c(NCCCN3CCCC3)n1)COCC2. The number of nitrogens with one attached hydrogen (secondary N) is 1. The first kappa shape index (κ1) is 14.0. The van der Waals surface area contributed by atoms with Crippen LogP contribution < -0.4 is 5.32 Å². The zero-order valence-corrected chi connectivity index (χ0v) is 12.5. The van der Waals surface area contributed by atoms with Crippen molar-refractivity contribution in [1.82, 2.24) is 14.9 Å². The van der Waals surface area contributed by atoms with Gasteiger partial charge in [-0.1, -0.05) is 0 Å². The monoisotopic (exact) mass is 296 g/mol. The van der Waals surface area contributed by atoms with E-state index in [2.05, 4.69) is 20.2 Å². The van der Waals surface area contributed by atoms with E-state index >= 15 is 0 Å². The quantitative estimate of drug-likeness (QED) is 0.666. The van der Waals surface area contributed by atoms with E-state index in [0.29, 0.717) is 11.9 Å². The molecule has 0 bridgehead atoms. The van der Waals surface area contributed by atoms with Crippen molar-refractivity contribution < 1.29 is 4.74 Å². The molecule has 0 radical (unpaired) electrons. The summed E-state index contributed by atoms with van der Waals surface area (Å²) in [5.41, 5.74) is 2.10. The van der Waals surface area contributed by atoms with Gasteiger partial charge in [-0.2, -0.15) is 0 Å². The Morgan fingerprint density at radius 2 is 2.10 bits per heavy atom. The third kappa shape index (κ3) is 3.40. The van der Waals surface area contributed by atoms with Gasteiger partial charge in [0.15, 0.2) is 0 Å². The Morgan fingerprint density at radius 1 is 1.25 bits per heavy atom. The Morgan fingerprint density at radius 3 is 2.95 bits per heavy atom. The number of anilines is 1. The van der Waals surface area contributed by atoms with E-state index in [1.165, 1.54) is 25.9 Å². The second-order valence-corrected chi connectivity index (χ2v) is 5.74. The summed E-state index contributed by atoms with van der Waals surface area (Å²) in [5, 5.41) is 3.72. The molecule has 0 aliphatic carbocycles. The molecule has 1 N–H and O–H groups in total. The van der Waals surface area contributed by atoms with Crippen molar-refractivity contribution in [1.29, 1.82) is 0 Å². The van der Waals surface area contributed by atoms with Crippen LogP contribution in [0.1, 0.15) is 30.5 Å². The number of nitrogens with zero attached hydrogens (tertiary/aromatic N) is 3. The molecule has 3 rings (SSSR count). The molecule has 6 heteroatoms. The molecule has 3 heterocycles. The molecule has 0 saturated carbocycles. The topological polar surface area (TPSA) is 50.3 Å². The number of likely N-dealkylation sites (tertiary alicyclic amines) is 1. The zero-order chi connectivity index (χ0) is 13.8. The van der Waals surface area contributed by atoms with Crippen LogP contribution in [-0.2, 0) is 17.8 Å². The molecule has 5 nitrogen and oxygen atoms in total. The molecule has 0 atom stereocenters. The highest BCUT2D eigenvalue weighted by molar-refractivity contribution is 6.28. The minimum Gasteiger partial charge on any atom is -0.376 e. The van der Waals surface area contributed by atoms with Crippen molar-refractivity contribution in [2.75, 3.05) is 38.1 Å². The fourth-order valence-electron chi connectivity index (χ4n) is 2.86. The van der Waals surface area contributed by atoms with E-state index in [-0.39, 0.29) is 0 Å². The van der Waals surface area contributed by atoms with Crippen LogP contribution in [0.4, 0.5) is 5.82 Å². The van der Waals surface area contributed by atoms with Gasteiger partial charge in [0.2, 0.25) is 5.28 Å². The van der Waals surface area contributed by atoms with Crippen molar-refractivity contribution in [2.24, 2.45) is 0 Å². The molecule has 1 fully saturated rings. The lowest BCUT2D eigenvalue weighted by molar-refractivity contribution is 0.109. The van der Waals surface area contributed by atoms with E-state index in [1.54, 1.807) is 0 Å². The van der Waals surface area contributed by atoms with Crippen molar-refractivity contribution in [3.8, 4) is 0 Å². The Kier molecular flexibility index (Phi) is 4.70. The van der Waals surface area contributed by atoms with Gasteiger partial charge in [0.1, 0.15) is 5.82 Å². The molecule has 0 spiro atoms. The van der Waals surface area contributed by atoms with Crippen molar-refractivity contribution in [2.45, 2.75) is 32.3 Å². The van der Waals surface area contributed by atoms with Crippen LogP contribution in [0.2, 0.25) is 5.28 Å². The van der Waals surface area contributed by atoms with E-state index in [0.717, 1.165) is 49.6 Å². The lowest BCUT2D eigenvalue weighted by atomic mass is 10.1. The van der Waals surface area contributed by atoms with Gasteiger partial charge >= 0.3 is 0 Å². The number of fused-ring (bicyclic) bond motifs is 1. The highest BCUT2D eigenvalue weighted by Crippen LogP contribution is 2.23. The molecule has 1 aromatic rings. The molecule has 2 aliphatic heterocycles. The maximum Gasteiger partial charge on any atom is 0.224 e.